The average molecular weight is 351 g/mol. The van der Waals surface area contributed by atoms with Gasteiger partial charge in [-0.1, -0.05) is 36.4 Å². The van der Waals surface area contributed by atoms with Gasteiger partial charge in [-0.15, -0.1) is 0 Å². The molecule has 2 aromatic carbocycles. The van der Waals surface area contributed by atoms with Gasteiger partial charge in [0.2, 0.25) is 11.8 Å². The van der Waals surface area contributed by atoms with Crippen LogP contribution >= 0.6 is 0 Å². The van der Waals surface area contributed by atoms with Crippen molar-refractivity contribution in [1.82, 2.24) is 10.6 Å². The maximum Gasteiger partial charge on any atom is 0.243 e. The second kappa shape index (κ2) is 7.46. The number of piperidine rings is 1. The highest BCUT2D eigenvalue weighted by Gasteiger charge is 2.34. The maximum absolute atomic E-state index is 12.2. The Kier molecular flexibility index (Phi) is 4.89. The molecule has 2 aliphatic heterocycles. The van der Waals surface area contributed by atoms with Crippen LogP contribution in [0.2, 0.25) is 0 Å². The lowest BCUT2D eigenvalue weighted by Gasteiger charge is -2.28. The van der Waals surface area contributed by atoms with Crippen LogP contribution in [0.3, 0.4) is 0 Å². The SMILES string of the molecule is O=C(CC1CC2CCC(C1)N2)NCC(=O)Nc1cccc2ccccc12. The molecular formula is C21H25N3O2. The molecule has 2 unspecified atom stereocenters. The normalized spacial score (nSPS) is 24.4. The number of hydrogen-bond acceptors (Lipinski definition) is 3. The summed E-state index contributed by atoms with van der Waals surface area (Å²) >= 11 is 0. The largest absolute Gasteiger partial charge is 0.347 e. The van der Waals surface area contributed by atoms with E-state index in [0.717, 1.165) is 29.3 Å². The van der Waals surface area contributed by atoms with Gasteiger partial charge in [0.05, 0.1) is 6.54 Å². The van der Waals surface area contributed by atoms with Crippen LogP contribution in [0.1, 0.15) is 32.1 Å². The predicted octanol–water partition coefficient (Wildman–Crippen LogP) is 2.82. The minimum atomic E-state index is -0.194. The first-order chi connectivity index (χ1) is 12.7. The summed E-state index contributed by atoms with van der Waals surface area (Å²) in [6, 6.07) is 14.9. The molecule has 0 spiro atoms. The quantitative estimate of drug-likeness (QED) is 0.776. The van der Waals surface area contributed by atoms with Crippen LogP contribution in [-0.2, 0) is 9.59 Å². The lowest BCUT2D eigenvalue weighted by atomic mass is 9.89. The van der Waals surface area contributed by atoms with E-state index in [2.05, 4.69) is 16.0 Å². The van der Waals surface area contributed by atoms with E-state index in [1.165, 1.54) is 12.8 Å². The molecular weight excluding hydrogens is 326 g/mol. The predicted molar refractivity (Wildman–Crippen MR) is 103 cm³/mol. The Morgan fingerprint density at radius 3 is 2.50 bits per heavy atom. The monoisotopic (exact) mass is 351 g/mol. The molecule has 3 N–H and O–H groups in total. The summed E-state index contributed by atoms with van der Waals surface area (Å²) in [6.45, 7) is 0.0138. The molecule has 2 amide bonds. The number of hydrogen-bond donors (Lipinski definition) is 3. The molecule has 0 aliphatic carbocycles. The van der Waals surface area contributed by atoms with Crippen molar-refractivity contribution in [3.8, 4) is 0 Å². The van der Waals surface area contributed by atoms with Crippen molar-refractivity contribution < 1.29 is 9.59 Å². The fourth-order valence-electron chi connectivity index (χ4n) is 4.38. The fraction of sp³-hybridized carbons (Fsp3) is 0.429. The second-order valence-corrected chi connectivity index (χ2v) is 7.53. The summed E-state index contributed by atoms with van der Waals surface area (Å²) in [5, 5.41) is 11.3. The number of nitrogens with one attached hydrogen (secondary N) is 3. The molecule has 2 heterocycles. The standard InChI is InChI=1S/C21H25N3O2/c25-20(12-14-10-16-8-9-17(11-14)23-16)22-13-21(26)24-19-7-3-5-15-4-1-2-6-18(15)19/h1-7,14,16-17,23H,8-13H2,(H,22,25)(H,24,26). The van der Waals surface area contributed by atoms with E-state index in [0.29, 0.717) is 24.4 Å². The Balaban J connectivity index is 1.27. The molecule has 5 heteroatoms. The molecule has 0 saturated carbocycles. The molecule has 136 valence electrons. The van der Waals surface area contributed by atoms with Crippen molar-refractivity contribution in [2.45, 2.75) is 44.2 Å². The van der Waals surface area contributed by atoms with Gasteiger partial charge >= 0.3 is 0 Å². The lowest BCUT2D eigenvalue weighted by molar-refractivity contribution is -0.125. The van der Waals surface area contributed by atoms with Gasteiger partial charge < -0.3 is 16.0 Å². The molecule has 2 aliphatic rings. The fourth-order valence-corrected chi connectivity index (χ4v) is 4.38. The number of anilines is 1. The van der Waals surface area contributed by atoms with Gasteiger partial charge in [0, 0.05) is 29.6 Å². The second-order valence-electron chi connectivity index (χ2n) is 7.53. The lowest BCUT2D eigenvalue weighted by Crippen LogP contribution is -2.40. The van der Waals surface area contributed by atoms with Crippen molar-refractivity contribution in [3.63, 3.8) is 0 Å². The van der Waals surface area contributed by atoms with Gasteiger partial charge in [-0.2, -0.15) is 0 Å². The highest BCUT2D eigenvalue weighted by atomic mass is 16.2. The van der Waals surface area contributed by atoms with Crippen molar-refractivity contribution in [3.05, 3.63) is 42.5 Å². The molecule has 26 heavy (non-hydrogen) atoms. The molecule has 0 aromatic heterocycles. The smallest absolute Gasteiger partial charge is 0.243 e. The van der Waals surface area contributed by atoms with Crippen LogP contribution in [0.25, 0.3) is 10.8 Å². The van der Waals surface area contributed by atoms with Crippen molar-refractivity contribution in [1.29, 1.82) is 0 Å². The van der Waals surface area contributed by atoms with Gasteiger partial charge in [0.15, 0.2) is 0 Å². The van der Waals surface area contributed by atoms with Gasteiger partial charge in [-0.05, 0) is 43.1 Å². The first-order valence-electron chi connectivity index (χ1n) is 9.48. The Bertz CT molecular complexity index is 803. The molecule has 2 aromatic rings. The zero-order chi connectivity index (χ0) is 17.9. The van der Waals surface area contributed by atoms with Crippen molar-refractivity contribution in [2.24, 2.45) is 5.92 Å². The molecule has 0 radical (unpaired) electrons. The topological polar surface area (TPSA) is 70.2 Å². The van der Waals surface area contributed by atoms with Crippen LogP contribution in [-0.4, -0.2) is 30.4 Å². The third-order valence-corrected chi connectivity index (χ3v) is 5.55. The van der Waals surface area contributed by atoms with E-state index in [1.54, 1.807) is 0 Å². The van der Waals surface area contributed by atoms with E-state index in [4.69, 9.17) is 0 Å². The third-order valence-electron chi connectivity index (χ3n) is 5.55. The summed E-state index contributed by atoms with van der Waals surface area (Å²) in [6.07, 6.45) is 5.14. The molecule has 2 fully saturated rings. The van der Waals surface area contributed by atoms with Crippen LogP contribution in [0.15, 0.2) is 42.5 Å². The molecule has 2 atom stereocenters. The third kappa shape index (κ3) is 3.88. The first kappa shape index (κ1) is 17.0. The van der Waals surface area contributed by atoms with Gasteiger partial charge in [-0.25, -0.2) is 0 Å². The molecule has 2 bridgehead atoms. The molecule has 5 nitrogen and oxygen atoms in total. The maximum atomic E-state index is 12.2. The van der Waals surface area contributed by atoms with E-state index in [9.17, 15) is 9.59 Å². The van der Waals surface area contributed by atoms with Crippen molar-refractivity contribution in [2.75, 3.05) is 11.9 Å². The number of carbonyl (C=O) groups is 2. The average Bonchev–Trinajstić information content (AvgIpc) is 2.99. The van der Waals surface area contributed by atoms with Gasteiger partial charge in [0.25, 0.3) is 0 Å². The number of benzene rings is 2. The van der Waals surface area contributed by atoms with E-state index >= 15 is 0 Å². The van der Waals surface area contributed by atoms with E-state index in [1.807, 2.05) is 42.5 Å². The summed E-state index contributed by atoms with van der Waals surface area (Å²) in [4.78, 5) is 24.4. The van der Waals surface area contributed by atoms with Crippen LogP contribution < -0.4 is 16.0 Å². The van der Waals surface area contributed by atoms with Crippen molar-refractivity contribution >= 4 is 28.3 Å². The van der Waals surface area contributed by atoms with E-state index in [-0.39, 0.29) is 18.4 Å². The minimum absolute atomic E-state index is 0.0138. The minimum Gasteiger partial charge on any atom is -0.347 e. The highest BCUT2D eigenvalue weighted by molar-refractivity contribution is 6.03. The highest BCUT2D eigenvalue weighted by Crippen LogP contribution is 2.32. The Morgan fingerprint density at radius 1 is 0.962 bits per heavy atom. The van der Waals surface area contributed by atoms with Crippen LogP contribution in [0.5, 0.6) is 0 Å². The molecule has 2 saturated heterocycles. The zero-order valence-electron chi connectivity index (χ0n) is 14.8. The Morgan fingerprint density at radius 2 is 1.69 bits per heavy atom. The molecule has 4 rings (SSSR count). The van der Waals surface area contributed by atoms with Crippen LogP contribution in [0.4, 0.5) is 5.69 Å². The van der Waals surface area contributed by atoms with Crippen LogP contribution in [0, 0.1) is 5.92 Å². The summed E-state index contributed by atoms with van der Waals surface area (Å²) < 4.78 is 0. The number of rotatable bonds is 5. The first-order valence-corrected chi connectivity index (χ1v) is 9.48. The van der Waals surface area contributed by atoms with Gasteiger partial charge in [0.1, 0.15) is 0 Å². The van der Waals surface area contributed by atoms with Gasteiger partial charge in [-0.3, -0.25) is 9.59 Å². The zero-order valence-corrected chi connectivity index (χ0v) is 14.8. The number of fused-ring (bicyclic) bond motifs is 3. The Labute approximate surface area is 153 Å². The summed E-state index contributed by atoms with van der Waals surface area (Å²) in [5.41, 5.74) is 0.775. The number of carbonyl (C=O) groups excluding carboxylic acids is 2. The Hall–Kier alpha value is -2.40. The number of amides is 2. The summed E-state index contributed by atoms with van der Waals surface area (Å²) in [7, 11) is 0. The van der Waals surface area contributed by atoms with E-state index < -0.39 is 0 Å². The summed E-state index contributed by atoms with van der Waals surface area (Å²) in [5.74, 6) is 0.222.